The molecule has 2 aromatic heterocycles. The zero-order valence-corrected chi connectivity index (χ0v) is 8.77. The number of pyridine rings is 1. The quantitative estimate of drug-likeness (QED) is 0.840. The molecular formula is C9H7BrN4. The molecule has 0 aliphatic heterocycles. The lowest BCUT2D eigenvalue weighted by atomic mass is 10.1. The van der Waals surface area contributed by atoms with Crippen LogP contribution in [0.4, 0.5) is 5.82 Å². The first-order chi connectivity index (χ1) is 6.77. The summed E-state index contributed by atoms with van der Waals surface area (Å²) in [5.41, 5.74) is 7.51. The maximum Gasteiger partial charge on any atom is 0.131 e. The van der Waals surface area contributed by atoms with E-state index in [4.69, 9.17) is 5.73 Å². The Morgan fingerprint density at radius 1 is 1.21 bits per heavy atom. The van der Waals surface area contributed by atoms with Crippen LogP contribution in [0, 0.1) is 0 Å². The number of rotatable bonds is 1. The van der Waals surface area contributed by atoms with Gasteiger partial charge in [0.1, 0.15) is 5.82 Å². The highest BCUT2D eigenvalue weighted by Crippen LogP contribution is 2.25. The van der Waals surface area contributed by atoms with Crippen molar-refractivity contribution in [3.05, 3.63) is 35.2 Å². The van der Waals surface area contributed by atoms with Gasteiger partial charge in [-0.3, -0.25) is 0 Å². The molecule has 0 saturated carbocycles. The first kappa shape index (κ1) is 9.08. The van der Waals surface area contributed by atoms with E-state index in [1.165, 1.54) is 0 Å². The van der Waals surface area contributed by atoms with Crippen molar-refractivity contribution in [3.63, 3.8) is 0 Å². The Bertz CT molecular complexity index is 444. The maximum atomic E-state index is 5.74. The van der Waals surface area contributed by atoms with Crippen LogP contribution in [0.5, 0.6) is 0 Å². The molecular weight excluding hydrogens is 244 g/mol. The summed E-state index contributed by atoms with van der Waals surface area (Å²) in [7, 11) is 0. The summed E-state index contributed by atoms with van der Waals surface area (Å²) < 4.78 is 0.888. The lowest BCUT2D eigenvalue weighted by Crippen LogP contribution is -1.94. The third-order valence-electron chi connectivity index (χ3n) is 1.78. The smallest absolute Gasteiger partial charge is 0.131 e. The fourth-order valence-corrected chi connectivity index (χ4v) is 1.46. The van der Waals surface area contributed by atoms with Crippen LogP contribution in [0.15, 0.2) is 35.2 Å². The number of nitrogens with zero attached hydrogens (tertiary/aromatic N) is 3. The van der Waals surface area contributed by atoms with Gasteiger partial charge in [0.25, 0.3) is 0 Å². The molecule has 0 amide bonds. The highest BCUT2D eigenvalue weighted by molar-refractivity contribution is 9.10. The zero-order chi connectivity index (χ0) is 9.97. The minimum Gasteiger partial charge on any atom is -0.383 e. The summed E-state index contributed by atoms with van der Waals surface area (Å²) in [5.74, 6) is 0.487. The molecule has 14 heavy (non-hydrogen) atoms. The van der Waals surface area contributed by atoms with Crippen LogP contribution in [0.3, 0.4) is 0 Å². The Morgan fingerprint density at radius 3 is 2.79 bits per heavy atom. The summed E-state index contributed by atoms with van der Waals surface area (Å²) in [5, 5.41) is 7.48. The molecule has 0 aliphatic rings. The molecule has 2 aromatic rings. The predicted octanol–water partition coefficient (Wildman–Crippen LogP) is 1.88. The van der Waals surface area contributed by atoms with Crippen molar-refractivity contribution in [3.8, 4) is 11.1 Å². The lowest BCUT2D eigenvalue weighted by Gasteiger charge is -2.03. The topological polar surface area (TPSA) is 64.7 Å². The molecule has 2 heterocycles. The minimum atomic E-state index is 0.487. The van der Waals surface area contributed by atoms with E-state index in [0.717, 1.165) is 15.6 Å². The van der Waals surface area contributed by atoms with Gasteiger partial charge < -0.3 is 5.73 Å². The molecule has 0 atom stereocenters. The van der Waals surface area contributed by atoms with E-state index in [0.29, 0.717) is 5.82 Å². The van der Waals surface area contributed by atoms with E-state index >= 15 is 0 Å². The standard InChI is InChI=1S/C9H7BrN4/c10-7-3-8(9(11)12-5-7)6-1-2-13-14-4-6/h1-5H,(H2,11,12). The van der Waals surface area contributed by atoms with Crippen molar-refractivity contribution in [1.82, 2.24) is 15.2 Å². The van der Waals surface area contributed by atoms with Gasteiger partial charge in [0, 0.05) is 21.8 Å². The highest BCUT2D eigenvalue weighted by atomic mass is 79.9. The fourth-order valence-electron chi connectivity index (χ4n) is 1.13. The van der Waals surface area contributed by atoms with E-state index in [2.05, 4.69) is 31.1 Å². The van der Waals surface area contributed by atoms with Crippen LogP contribution in [0.2, 0.25) is 0 Å². The second kappa shape index (κ2) is 3.71. The zero-order valence-electron chi connectivity index (χ0n) is 7.18. The van der Waals surface area contributed by atoms with E-state index in [9.17, 15) is 0 Å². The van der Waals surface area contributed by atoms with Crippen molar-refractivity contribution >= 4 is 21.7 Å². The summed E-state index contributed by atoms with van der Waals surface area (Å²) in [6, 6.07) is 3.74. The summed E-state index contributed by atoms with van der Waals surface area (Å²) >= 11 is 3.34. The third kappa shape index (κ3) is 1.72. The Morgan fingerprint density at radius 2 is 2.07 bits per heavy atom. The van der Waals surface area contributed by atoms with Crippen LogP contribution >= 0.6 is 15.9 Å². The Hall–Kier alpha value is -1.49. The molecule has 2 N–H and O–H groups in total. The minimum absolute atomic E-state index is 0.487. The predicted molar refractivity (Wildman–Crippen MR) is 57.4 cm³/mol. The van der Waals surface area contributed by atoms with Gasteiger partial charge in [0.05, 0.1) is 12.4 Å². The molecule has 4 nitrogen and oxygen atoms in total. The number of halogens is 1. The van der Waals surface area contributed by atoms with E-state index in [-0.39, 0.29) is 0 Å². The van der Waals surface area contributed by atoms with E-state index in [1.807, 2.05) is 12.1 Å². The van der Waals surface area contributed by atoms with E-state index in [1.54, 1.807) is 18.6 Å². The Labute approximate surface area is 89.3 Å². The molecule has 0 bridgehead atoms. The SMILES string of the molecule is Nc1ncc(Br)cc1-c1ccnnc1. The van der Waals surface area contributed by atoms with Crippen molar-refractivity contribution < 1.29 is 0 Å². The highest BCUT2D eigenvalue weighted by Gasteiger charge is 2.04. The number of hydrogen-bond donors (Lipinski definition) is 1. The van der Waals surface area contributed by atoms with Gasteiger partial charge in [0.2, 0.25) is 0 Å². The molecule has 0 saturated heterocycles. The van der Waals surface area contributed by atoms with Gasteiger partial charge in [-0.25, -0.2) is 4.98 Å². The van der Waals surface area contributed by atoms with Gasteiger partial charge in [-0.2, -0.15) is 10.2 Å². The number of anilines is 1. The van der Waals surface area contributed by atoms with Crippen molar-refractivity contribution in [1.29, 1.82) is 0 Å². The molecule has 0 fully saturated rings. The number of hydrogen-bond acceptors (Lipinski definition) is 4. The van der Waals surface area contributed by atoms with Crippen molar-refractivity contribution in [2.24, 2.45) is 0 Å². The van der Waals surface area contributed by atoms with Crippen LogP contribution in [-0.4, -0.2) is 15.2 Å². The first-order valence-electron chi connectivity index (χ1n) is 3.95. The Balaban J connectivity index is 2.57. The molecule has 0 unspecified atom stereocenters. The summed E-state index contributed by atoms with van der Waals surface area (Å²) in [4.78, 5) is 4.04. The largest absolute Gasteiger partial charge is 0.383 e. The second-order valence-electron chi connectivity index (χ2n) is 2.72. The molecule has 0 radical (unpaired) electrons. The molecule has 2 rings (SSSR count). The van der Waals surface area contributed by atoms with Gasteiger partial charge >= 0.3 is 0 Å². The monoisotopic (exact) mass is 250 g/mol. The number of nitrogen functional groups attached to an aromatic ring is 1. The average Bonchev–Trinajstić information content (AvgIpc) is 2.23. The average molecular weight is 251 g/mol. The van der Waals surface area contributed by atoms with Crippen LogP contribution in [0.1, 0.15) is 0 Å². The van der Waals surface area contributed by atoms with Crippen LogP contribution < -0.4 is 5.73 Å². The fraction of sp³-hybridized carbons (Fsp3) is 0. The van der Waals surface area contributed by atoms with Crippen LogP contribution in [-0.2, 0) is 0 Å². The van der Waals surface area contributed by atoms with Gasteiger partial charge in [0.15, 0.2) is 0 Å². The molecule has 0 aliphatic carbocycles. The number of aromatic nitrogens is 3. The van der Waals surface area contributed by atoms with Crippen molar-refractivity contribution in [2.45, 2.75) is 0 Å². The van der Waals surface area contributed by atoms with E-state index < -0.39 is 0 Å². The maximum absolute atomic E-state index is 5.74. The third-order valence-corrected chi connectivity index (χ3v) is 2.21. The van der Waals surface area contributed by atoms with Crippen molar-refractivity contribution in [2.75, 3.05) is 5.73 Å². The summed E-state index contributed by atoms with van der Waals surface area (Å²) in [6.45, 7) is 0. The van der Waals surface area contributed by atoms with Gasteiger partial charge in [-0.15, -0.1) is 0 Å². The molecule has 0 aromatic carbocycles. The van der Waals surface area contributed by atoms with Gasteiger partial charge in [-0.1, -0.05) is 0 Å². The molecule has 70 valence electrons. The Kier molecular flexibility index (Phi) is 2.41. The normalized spacial score (nSPS) is 10.1. The second-order valence-corrected chi connectivity index (χ2v) is 3.63. The lowest BCUT2D eigenvalue weighted by molar-refractivity contribution is 1.03. The van der Waals surface area contributed by atoms with Crippen LogP contribution in [0.25, 0.3) is 11.1 Å². The summed E-state index contributed by atoms with van der Waals surface area (Å²) in [6.07, 6.45) is 4.93. The first-order valence-corrected chi connectivity index (χ1v) is 4.75. The molecule has 0 spiro atoms. The van der Waals surface area contributed by atoms with Gasteiger partial charge in [-0.05, 0) is 28.1 Å². The molecule has 5 heteroatoms. The number of nitrogens with two attached hydrogens (primary N) is 1.